The highest BCUT2D eigenvalue weighted by Gasteiger charge is 2.41. The van der Waals surface area contributed by atoms with Gasteiger partial charge in [-0.05, 0) is 49.9 Å². The number of nitrogens with zero attached hydrogens (tertiary/aromatic N) is 2. The Morgan fingerprint density at radius 1 is 1.20 bits per heavy atom. The van der Waals surface area contributed by atoms with E-state index in [1.165, 1.54) is 19.4 Å². The van der Waals surface area contributed by atoms with Crippen LogP contribution in [-0.2, 0) is 5.60 Å². The van der Waals surface area contributed by atoms with Crippen LogP contribution in [0.2, 0.25) is 0 Å². The predicted molar refractivity (Wildman–Crippen MR) is 79.5 cm³/mol. The first-order valence-corrected chi connectivity index (χ1v) is 7.57. The number of piperidine rings is 1. The van der Waals surface area contributed by atoms with Gasteiger partial charge >= 0.3 is 0 Å². The lowest BCUT2D eigenvalue weighted by Crippen LogP contribution is -2.46. The van der Waals surface area contributed by atoms with E-state index in [0.29, 0.717) is 6.04 Å². The first-order valence-electron chi connectivity index (χ1n) is 7.57. The summed E-state index contributed by atoms with van der Waals surface area (Å²) in [5.74, 6) is 0. The lowest BCUT2D eigenvalue weighted by Gasteiger charge is -2.41. The van der Waals surface area contributed by atoms with Gasteiger partial charge in [0.1, 0.15) is 0 Å². The average molecular weight is 268 g/mol. The van der Waals surface area contributed by atoms with Crippen LogP contribution in [0.3, 0.4) is 0 Å². The molecule has 1 N–H and O–H groups in total. The lowest BCUT2D eigenvalue weighted by molar-refractivity contribution is -0.0397. The topological polar surface area (TPSA) is 36.4 Å². The summed E-state index contributed by atoms with van der Waals surface area (Å²) in [7, 11) is 0. The molecule has 1 aromatic carbocycles. The minimum atomic E-state index is -0.686. The van der Waals surface area contributed by atoms with Gasteiger partial charge in [-0.1, -0.05) is 18.2 Å². The molecule has 4 rings (SSSR count). The molecule has 2 atom stereocenters. The first-order chi connectivity index (χ1) is 9.76. The van der Waals surface area contributed by atoms with Crippen molar-refractivity contribution >= 4 is 10.9 Å². The minimum absolute atomic E-state index is 0.556. The Morgan fingerprint density at radius 3 is 3.10 bits per heavy atom. The van der Waals surface area contributed by atoms with E-state index in [0.717, 1.165) is 35.9 Å². The molecule has 104 valence electrons. The highest BCUT2D eigenvalue weighted by Crippen LogP contribution is 2.41. The van der Waals surface area contributed by atoms with Crippen LogP contribution < -0.4 is 0 Å². The van der Waals surface area contributed by atoms with E-state index >= 15 is 0 Å². The van der Waals surface area contributed by atoms with E-state index in [1.54, 1.807) is 0 Å². The van der Waals surface area contributed by atoms with E-state index in [1.807, 2.05) is 24.4 Å². The molecule has 0 spiro atoms. The minimum Gasteiger partial charge on any atom is -0.385 e. The lowest BCUT2D eigenvalue weighted by atomic mass is 9.79. The zero-order valence-corrected chi connectivity index (χ0v) is 11.6. The number of benzene rings is 1. The number of rotatable bonds is 1. The maximum Gasteiger partial charge on any atom is 0.0930 e. The van der Waals surface area contributed by atoms with Crippen LogP contribution in [0.25, 0.3) is 10.9 Å². The summed E-state index contributed by atoms with van der Waals surface area (Å²) in [6.45, 7) is 2.22. The molecule has 2 fully saturated rings. The standard InChI is InChI=1S/C17H20N2O/c20-17(8-11-19-10-3-4-13(19)12-17)15-6-1-7-16-14(15)5-2-9-18-16/h1-2,5-7,9,13,20H,3-4,8,10-12H2. The molecule has 0 amide bonds. The Bertz CT molecular complexity index is 636. The summed E-state index contributed by atoms with van der Waals surface area (Å²) in [4.78, 5) is 6.95. The summed E-state index contributed by atoms with van der Waals surface area (Å²) in [6.07, 6.45) is 6.01. The van der Waals surface area contributed by atoms with Crippen molar-refractivity contribution in [2.45, 2.75) is 37.3 Å². The Balaban J connectivity index is 1.78. The molecule has 0 radical (unpaired) electrons. The van der Waals surface area contributed by atoms with Crippen molar-refractivity contribution in [2.75, 3.05) is 13.1 Å². The van der Waals surface area contributed by atoms with Gasteiger partial charge in [-0.25, -0.2) is 0 Å². The second-order valence-electron chi connectivity index (χ2n) is 6.19. The maximum atomic E-state index is 11.2. The van der Waals surface area contributed by atoms with E-state index in [9.17, 15) is 5.11 Å². The van der Waals surface area contributed by atoms with Gasteiger partial charge < -0.3 is 10.0 Å². The number of hydrogen-bond acceptors (Lipinski definition) is 3. The molecule has 3 nitrogen and oxygen atoms in total. The molecule has 20 heavy (non-hydrogen) atoms. The van der Waals surface area contributed by atoms with E-state index in [2.05, 4.69) is 22.0 Å². The molecule has 3 heteroatoms. The Hall–Kier alpha value is -1.45. The van der Waals surface area contributed by atoms with Gasteiger partial charge in [-0.3, -0.25) is 4.98 Å². The molecule has 2 unspecified atom stereocenters. The number of hydrogen-bond donors (Lipinski definition) is 1. The van der Waals surface area contributed by atoms with Crippen LogP contribution >= 0.6 is 0 Å². The molecule has 2 saturated heterocycles. The fourth-order valence-electron chi connectivity index (χ4n) is 3.99. The predicted octanol–water partition coefficient (Wildman–Crippen LogP) is 2.68. The summed E-state index contributed by atoms with van der Waals surface area (Å²) in [5.41, 5.74) is 1.36. The molecule has 1 aromatic heterocycles. The summed E-state index contributed by atoms with van der Waals surface area (Å²) < 4.78 is 0. The van der Waals surface area contributed by atoms with Crippen molar-refractivity contribution in [2.24, 2.45) is 0 Å². The Morgan fingerprint density at radius 2 is 2.15 bits per heavy atom. The third-order valence-corrected chi connectivity index (χ3v) is 5.03. The van der Waals surface area contributed by atoms with E-state index in [4.69, 9.17) is 0 Å². The molecule has 2 aromatic rings. The highest BCUT2D eigenvalue weighted by atomic mass is 16.3. The van der Waals surface area contributed by atoms with Gasteiger partial charge in [0.2, 0.25) is 0 Å². The van der Waals surface area contributed by atoms with Crippen LogP contribution in [0.1, 0.15) is 31.2 Å². The molecular formula is C17H20N2O. The summed E-state index contributed by atoms with van der Waals surface area (Å²) >= 11 is 0. The van der Waals surface area contributed by atoms with E-state index in [-0.39, 0.29) is 0 Å². The molecular weight excluding hydrogens is 248 g/mol. The highest BCUT2D eigenvalue weighted by molar-refractivity contribution is 5.82. The molecule has 0 saturated carbocycles. The van der Waals surface area contributed by atoms with Gasteiger partial charge in [-0.2, -0.15) is 0 Å². The second-order valence-corrected chi connectivity index (χ2v) is 6.19. The monoisotopic (exact) mass is 268 g/mol. The fourth-order valence-corrected chi connectivity index (χ4v) is 3.99. The SMILES string of the molecule is OC1(c2cccc3ncccc23)CCN2CCCC2C1. The van der Waals surface area contributed by atoms with Crippen LogP contribution in [0.4, 0.5) is 0 Å². The summed E-state index contributed by atoms with van der Waals surface area (Å²) in [5, 5.41) is 12.3. The zero-order valence-electron chi connectivity index (χ0n) is 11.6. The molecule has 2 aliphatic heterocycles. The third-order valence-electron chi connectivity index (χ3n) is 5.03. The number of aliphatic hydroxyl groups is 1. The first kappa shape index (κ1) is 12.3. The van der Waals surface area contributed by atoms with Crippen molar-refractivity contribution in [3.05, 3.63) is 42.1 Å². The largest absolute Gasteiger partial charge is 0.385 e. The van der Waals surface area contributed by atoms with Crippen molar-refractivity contribution in [3.8, 4) is 0 Å². The maximum absolute atomic E-state index is 11.2. The molecule has 2 aliphatic rings. The van der Waals surface area contributed by atoms with Crippen LogP contribution in [0, 0.1) is 0 Å². The second kappa shape index (κ2) is 4.54. The quantitative estimate of drug-likeness (QED) is 0.864. The van der Waals surface area contributed by atoms with Gasteiger partial charge in [0.15, 0.2) is 0 Å². The third kappa shape index (κ3) is 1.85. The van der Waals surface area contributed by atoms with Gasteiger partial charge in [-0.15, -0.1) is 0 Å². The number of fused-ring (bicyclic) bond motifs is 2. The fraction of sp³-hybridized carbons (Fsp3) is 0.471. The van der Waals surface area contributed by atoms with Crippen molar-refractivity contribution in [3.63, 3.8) is 0 Å². The number of aromatic nitrogens is 1. The Kier molecular flexibility index (Phi) is 2.79. The summed E-state index contributed by atoms with van der Waals surface area (Å²) in [6, 6.07) is 10.7. The number of pyridine rings is 1. The molecule has 0 aliphatic carbocycles. The average Bonchev–Trinajstić information content (AvgIpc) is 2.93. The van der Waals surface area contributed by atoms with Gasteiger partial charge in [0, 0.05) is 24.2 Å². The van der Waals surface area contributed by atoms with Crippen LogP contribution in [0.15, 0.2) is 36.5 Å². The molecule has 0 bridgehead atoms. The molecule has 3 heterocycles. The van der Waals surface area contributed by atoms with Crippen LogP contribution in [0.5, 0.6) is 0 Å². The van der Waals surface area contributed by atoms with Crippen molar-refractivity contribution < 1.29 is 5.11 Å². The Labute approximate surface area is 119 Å². The van der Waals surface area contributed by atoms with Crippen LogP contribution in [-0.4, -0.2) is 34.1 Å². The van der Waals surface area contributed by atoms with Gasteiger partial charge in [0.25, 0.3) is 0 Å². The smallest absolute Gasteiger partial charge is 0.0930 e. The zero-order chi connectivity index (χ0) is 13.6. The van der Waals surface area contributed by atoms with Crippen molar-refractivity contribution in [1.82, 2.24) is 9.88 Å². The normalized spacial score (nSPS) is 30.6. The van der Waals surface area contributed by atoms with Crippen molar-refractivity contribution in [1.29, 1.82) is 0 Å². The van der Waals surface area contributed by atoms with Gasteiger partial charge in [0.05, 0.1) is 11.1 Å². The van der Waals surface area contributed by atoms with E-state index < -0.39 is 5.60 Å².